The van der Waals surface area contributed by atoms with E-state index >= 15 is 0 Å². The number of aliphatic hydroxyl groups excluding tert-OH is 1. The fourth-order valence-corrected chi connectivity index (χ4v) is 4.45. The van der Waals surface area contributed by atoms with Crippen molar-refractivity contribution in [2.75, 3.05) is 39.8 Å². The van der Waals surface area contributed by atoms with E-state index in [9.17, 15) is 9.50 Å². The molecule has 164 valence electrons. The van der Waals surface area contributed by atoms with Gasteiger partial charge in [-0.1, -0.05) is 24.3 Å². The number of likely N-dealkylation sites (tertiary alicyclic amines) is 1. The van der Waals surface area contributed by atoms with E-state index in [0.717, 1.165) is 56.0 Å². The summed E-state index contributed by atoms with van der Waals surface area (Å²) in [6.07, 6.45) is 3.21. The third-order valence-corrected chi connectivity index (χ3v) is 5.88. The molecule has 1 heterocycles. The average Bonchev–Trinajstić information content (AvgIpc) is 2.74. The Balaban J connectivity index is 1.49. The molecule has 1 saturated heterocycles. The molecule has 5 heteroatoms. The molecule has 0 aliphatic carbocycles. The van der Waals surface area contributed by atoms with Gasteiger partial charge in [0.1, 0.15) is 11.6 Å². The van der Waals surface area contributed by atoms with Crippen molar-refractivity contribution in [1.82, 2.24) is 9.80 Å². The highest BCUT2D eigenvalue weighted by atomic mass is 19.1. The van der Waals surface area contributed by atoms with E-state index in [1.165, 1.54) is 18.4 Å². The first-order valence-electron chi connectivity index (χ1n) is 11.1. The van der Waals surface area contributed by atoms with E-state index in [-0.39, 0.29) is 12.4 Å². The summed E-state index contributed by atoms with van der Waals surface area (Å²) in [5.41, 5.74) is 2.85. The highest BCUT2D eigenvalue weighted by Crippen LogP contribution is 2.23. The summed E-state index contributed by atoms with van der Waals surface area (Å²) >= 11 is 0. The minimum Gasteiger partial charge on any atom is -0.494 e. The summed E-state index contributed by atoms with van der Waals surface area (Å²) in [6, 6.07) is 13.2. The smallest absolute Gasteiger partial charge is 0.126 e. The molecular weight excluding hydrogens is 379 g/mol. The number of hydrogen-bond donors (Lipinski definition) is 1. The number of aliphatic hydroxyl groups is 1. The van der Waals surface area contributed by atoms with Crippen molar-refractivity contribution in [2.45, 2.75) is 39.3 Å². The van der Waals surface area contributed by atoms with Crippen LogP contribution in [0.5, 0.6) is 5.75 Å². The van der Waals surface area contributed by atoms with Crippen LogP contribution in [0, 0.1) is 11.7 Å². The molecule has 3 rings (SSSR count). The van der Waals surface area contributed by atoms with Gasteiger partial charge in [0.05, 0.1) is 13.2 Å². The van der Waals surface area contributed by atoms with Gasteiger partial charge < -0.3 is 19.6 Å². The van der Waals surface area contributed by atoms with Crippen LogP contribution < -0.4 is 4.74 Å². The number of nitrogens with zero attached hydrogens (tertiary/aromatic N) is 2. The molecule has 4 nitrogen and oxygen atoms in total. The maximum Gasteiger partial charge on any atom is 0.126 e. The quantitative estimate of drug-likeness (QED) is 0.635. The minimum atomic E-state index is -0.0941. The van der Waals surface area contributed by atoms with Gasteiger partial charge in [-0.2, -0.15) is 0 Å². The van der Waals surface area contributed by atoms with Gasteiger partial charge in [-0.25, -0.2) is 4.39 Å². The zero-order valence-corrected chi connectivity index (χ0v) is 18.3. The van der Waals surface area contributed by atoms with Gasteiger partial charge in [0.2, 0.25) is 0 Å². The summed E-state index contributed by atoms with van der Waals surface area (Å²) in [7, 11) is 2.16. The Morgan fingerprint density at radius 3 is 2.80 bits per heavy atom. The topological polar surface area (TPSA) is 35.9 Å². The number of ether oxygens (including phenoxy) is 1. The first-order chi connectivity index (χ1) is 14.6. The molecule has 1 fully saturated rings. The summed E-state index contributed by atoms with van der Waals surface area (Å²) in [4.78, 5) is 4.84. The highest BCUT2D eigenvalue weighted by Gasteiger charge is 2.21. The molecule has 0 radical (unpaired) electrons. The number of halogens is 1. The molecule has 0 aromatic heterocycles. The normalized spacial score (nSPS) is 17.4. The lowest BCUT2D eigenvalue weighted by Crippen LogP contribution is -2.40. The second-order valence-corrected chi connectivity index (χ2v) is 8.38. The van der Waals surface area contributed by atoms with Gasteiger partial charge in [-0.15, -0.1) is 0 Å². The van der Waals surface area contributed by atoms with Crippen molar-refractivity contribution in [3.63, 3.8) is 0 Å². The van der Waals surface area contributed by atoms with Crippen LogP contribution in [0.3, 0.4) is 0 Å². The Kier molecular flexibility index (Phi) is 8.67. The van der Waals surface area contributed by atoms with E-state index in [0.29, 0.717) is 12.5 Å². The first kappa shape index (κ1) is 22.7. The molecule has 0 bridgehead atoms. The van der Waals surface area contributed by atoms with Crippen LogP contribution in [0.25, 0.3) is 0 Å². The van der Waals surface area contributed by atoms with Gasteiger partial charge in [-0.3, -0.25) is 0 Å². The van der Waals surface area contributed by atoms with Gasteiger partial charge in [0, 0.05) is 31.7 Å². The first-order valence-corrected chi connectivity index (χ1v) is 11.1. The van der Waals surface area contributed by atoms with Crippen LogP contribution in [-0.2, 0) is 19.6 Å². The largest absolute Gasteiger partial charge is 0.494 e. The average molecular weight is 415 g/mol. The number of hydrogen-bond acceptors (Lipinski definition) is 4. The SMILES string of the molecule is CCOc1ccc(CN(C)C[C@H]2CCCN(CCc3ccccc3F)C2)cc1CO. The lowest BCUT2D eigenvalue weighted by Gasteiger charge is -2.35. The standard InChI is InChI=1S/C25H35FN2O2/c1-3-30-25-11-10-20(15-23(25)19-29)16-27(2)17-21-7-6-13-28(18-21)14-12-22-8-4-5-9-24(22)26/h4-5,8-11,15,21,29H,3,6-7,12-14,16-19H2,1-2H3/t21-/m1/s1. The van der Waals surface area contributed by atoms with Crippen molar-refractivity contribution in [3.8, 4) is 5.75 Å². The van der Waals surface area contributed by atoms with Crippen LogP contribution in [0.2, 0.25) is 0 Å². The summed E-state index contributed by atoms with van der Waals surface area (Å²) in [5.74, 6) is 1.30. The van der Waals surface area contributed by atoms with Crippen LogP contribution in [-0.4, -0.2) is 54.7 Å². The van der Waals surface area contributed by atoms with Crippen LogP contribution >= 0.6 is 0 Å². The summed E-state index contributed by atoms with van der Waals surface area (Å²) in [6.45, 7) is 7.53. The predicted molar refractivity (Wildman–Crippen MR) is 119 cm³/mol. The van der Waals surface area contributed by atoms with Crippen LogP contribution in [0.4, 0.5) is 4.39 Å². The molecule has 0 spiro atoms. The fraction of sp³-hybridized carbons (Fsp3) is 0.520. The summed E-state index contributed by atoms with van der Waals surface area (Å²) in [5, 5.41) is 9.62. The second kappa shape index (κ2) is 11.4. The van der Waals surface area contributed by atoms with E-state index in [2.05, 4.69) is 22.9 Å². The molecular formula is C25H35FN2O2. The van der Waals surface area contributed by atoms with Crippen LogP contribution in [0.1, 0.15) is 36.5 Å². The van der Waals surface area contributed by atoms with Crippen LogP contribution in [0.15, 0.2) is 42.5 Å². The molecule has 0 amide bonds. The molecule has 1 aliphatic rings. The lowest BCUT2D eigenvalue weighted by molar-refractivity contribution is 0.142. The van der Waals surface area contributed by atoms with Crippen molar-refractivity contribution < 1.29 is 14.2 Å². The summed E-state index contributed by atoms with van der Waals surface area (Å²) < 4.78 is 19.5. The molecule has 1 N–H and O–H groups in total. The lowest BCUT2D eigenvalue weighted by atomic mass is 9.96. The zero-order valence-electron chi connectivity index (χ0n) is 18.3. The van der Waals surface area contributed by atoms with Gasteiger partial charge in [0.15, 0.2) is 0 Å². The Morgan fingerprint density at radius 2 is 2.03 bits per heavy atom. The molecule has 2 aromatic carbocycles. The molecule has 1 atom stereocenters. The van der Waals surface area contributed by atoms with Crippen molar-refractivity contribution in [2.24, 2.45) is 5.92 Å². The molecule has 30 heavy (non-hydrogen) atoms. The highest BCUT2D eigenvalue weighted by molar-refractivity contribution is 5.37. The minimum absolute atomic E-state index is 0.00746. The van der Waals surface area contributed by atoms with Crippen molar-refractivity contribution in [1.29, 1.82) is 0 Å². The monoisotopic (exact) mass is 414 g/mol. The van der Waals surface area contributed by atoms with Gasteiger partial charge in [0.25, 0.3) is 0 Å². The number of rotatable bonds is 10. The molecule has 2 aromatic rings. The van der Waals surface area contributed by atoms with Crippen molar-refractivity contribution in [3.05, 3.63) is 65.0 Å². The second-order valence-electron chi connectivity index (χ2n) is 8.38. The van der Waals surface area contributed by atoms with E-state index < -0.39 is 0 Å². The fourth-order valence-electron chi connectivity index (χ4n) is 4.45. The third-order valence-electron chi connectivity index (χ3n) is 5.88. The molecule has 0 saturated carbocycles. The maximum atomic E-state index is 13.9. The van der Waals surface area contributed by atoms with Crippen molar-refractivity contribution >= 4 is 0 Å². The molecule has 1 aliphatic heterocycles. The Bertz CT molecular complexity index is 798. The van der Waals surface area contributed by atoms with Gasteiger partial charge >= 0.3 is 0 Å². The predicted octanol–water partition coefficient (Wildman–Crippen LogP) is 4.10. The van der Waals surface area contributed by atoms with E-state index in [1.54, 1.807) is 12.1 Å². The van der Waals surface area contributed by atoms with E-state index in [4.69, 9.17) is 4.74 Å². The van der Waals surface area contributed by atoms with E-state index in [1.807, 2.05) is 31.2 Å². The number of benzene rings is 2. The Hall–Kier alpha value is -1.95. The number of piperidine rings is 1. The maximum absolute atomic E-state index is 13.9. The third kappa shape index (κ3) is 6.53. The Morgan fingerprint density at radius 1 is 1.20 bits per heavy atom. The Labute approximate surface area is 180 Å². The van der Waals surface area contributed by atoms with Gasteiger partial charge in [-0.05, 0) is 75.0 Å². The molecule has 0 unspecified atom stereocenters. The zero-order chi connectivity index (χ0) is 21.3.